The van der Waals surface area contributed by atoms with Crippen LogP contribution in [0.3, 0.4) is 0 Å². The van der Waals surface area contributed by atoms with Gasteiger partial charge in [-0.25, -0.2) is 0 Å². The maximum atomic E-state index is 12.9. The van der Waals surface area contributed by atoms with Crippen LogP contribution in [0.5, 0.6) is 0 Å². The average molecular weight is 399 g/mol. The van der Waals surface area contributed by atoms with Crippen molar-refractivity contribution in [2.45, 2.75) is 26.3 Å². The van der Waals surface area contributed by atoms with Crippen molar-refractivity contribution in [3.8, 4) is 0 Å². The Labute approximate surface area is 167 Å². The lowest BCUT2D eigenvalue weighted by Gasteiger charge is -2.22. The number of nitrogens with zero attached hydrogens (tertiary/aromatic N) is 2. The van der Waals surface area contributed by atoms with E-state index < -0.39 is 0 Å². The molecule has 0 saturated carbocycles. The molecular formula is C21H19ClN2O2S. The summed E-state index contributed by atoms with van der Waals surface area (Å²) in [5.41, 5.74) is 1.51. The molecule has 0 N–H and O–H groups in total. The lowest BCUT2D eigenvalue weighted by atomic mass is 10.1. The molecule has 0 spiro atoms. The van der Waals surface area contributed by atoms with E-state index in [1.807, 2.05) is 37.3 Å². The van der Waals surface area contributed by atoms with E-state index in [9.17, 15) is 9.59 Å². The van der Waals surface area contributed by atoms with E-state index in [0.717, 1.165) is 16.3 Å². The molecule has 3 rings (SSSR count). The highest BCUT2D eigenvalue weighted by Gasteiger charge is 2.19. The summed E-state index contributed by atoms with van der Waals surface area (Å²) >= 11 is 7.43. The fraction of sp³-hybridized carbons (Fsp3) is 0.190. The zero-order valence-electron chi connectivity index (χ0n) is 14.9. The predicted molar refractivity (Wildman–Crippen MR) is 109 cm³/mol. The van der Waals surface area contributed by atoms with Crippen molar-refractivity contribution >= 4 is 40.3 Å². The van der Waals surface area contributed by atoms with Crippen LogP contribution in [0.15, 0.2) is 60.8 Å². The number of hydrogen-bond acceptors (Lipinski definition) is 4. The monoisotopic (exact) mass is 398 g/mol. The highest BCUT2D eigenvalue weighted by molar-refractivity contribution is 7.14. The maximum absolute atomic E-state index is 12.9. The number of pyridine rings is 1. The topological polar surface area (TPSA) is 50.3 Å². The number of amides is 1. The maximum Gasteiger partial charge on any atom is 0.227 e. The van der Waals surface area contributed by atoms with Crippen molar-refractivity contribution < 1.29 is 9.59 Å². The van der Waals surface area contributed by atoms with E-state index in [4.69, 9.17) is 11.6 Å². The molecule has 0 aliphatic rings. The highest BCUT2D eigenvalue weighted by atomic mass is 35.5. The first-order valence-corrected chi connectivity index (χ1v) is 9.78. The minimum atomic E-state index is -0.121. The van der Waals surface area contributed by atoms with Crippen molar-refractivity contribution in [2.24, 2.45) is 0 Å². The van der Waals surface area contributed by atoms with Gasteiger partial charge in [0.1, 0.15) is 0 Å². The first-order chi connectivity index (χ1) is 13.0. The Morgan fingerprint density at radius 3 is 2.44 bits per heavy atom. The number of hydrogen-bond donors (Lipinski definition) is 0. The van der Waals surface area contributed by atoms with Gasteiger partial charge in [0.05, 0.1) is 17.1 Å². The van der Waals surface area contributed by atoms with Gasteiger partial charge < -0.3 is 4.90 Å². The van der Waals surface area contributed by atoms with Gasteiger partial charge in [0.25, 0.3) is 0 Å². The molecule has 1 aromatic carbocycles. The third kappa shape index (κ3) is 5.25. The van der Waals surface area contributed by atoms with E-state index in [1.165, 1.54) is 11.3 Å². The Balaban J connectivity index is 1.73. The molecule has 0 bridgehead atoms. The first-order valence-electron chi connectivity index (χ1n) is 8.58. The van der Waals surface area contributed by atoms with Crippen LogP contribution < -0.4 is 4.90 Å². The van der Waals surface area contributed by atoms with E-state index in [0.29, 0.717) is 16.4 Å². The molecule has 0 atom stereocenters. The summed E-state index contributed by atoms with van der Waals surface area (Å²) in [6, 6.07) is 16.4. The molecular weight excluding hydrogens is 380 g/mol. The SMILES string of the molecule is Cc1ccc(C(=O)CCC(=O)N(Cc2ccccn2)c2ccc(Cl)cc2)s1. The Bertz CT molecular complexity index is 923. The van der Waals surface area contributed by atoms with Gasteiger partial charge in [-0.15, -0.1) is 11.3 Å². The Kier molecular flexibility index (Phi) is 6.37. The summed E-state index contributed by atoms with van der Waals surface area (Å²) in [6.07, 6.45) is 2.03. The molecule has 0 unspecified atom stereocenters. The Morgan fingerprint density at radius 2 is 1.81 bits per heavy atom. The molecule has 4 nitrogen and oxygen atoms in total. The smallest absolute Gasteiger partial charge is 0.227 e. The van der Waals surface area contributed by atoms with Gasteiger partial charge in [-0.1, -0.05) is 17.7 Å². The van der Waals surface area contributed by atoms with Crippen LogP contribution in [0.4, 0.5) is 5.69 Å². The van der Waals surface area contributed by atoms with Gasteiger partial charge in [-0.3, -0.25) is 14.6 Å². The van der Waals surface area contributed by atoms with E-state index >= 15 is 0 Å². The number of carbonyl (C=O) groups is 2. The molecule has 0 aliphatic heterocycles. The summed E-state index contributed by atoms with van der Waals surface area (Å²) in [7, 11) is 0. The number of halogens is 1. The van der Waals surface area contributed by atoms with Crippen LogP contribution in [0.2, 0.25) is 5.02 Å². The second-order valence-corrected chi connectivity index (χ2v) is 7.84. The van der Waals surface area contributed by atoms with Crippen LogP contribution in [-0.2, 0) is 11.3 Å². The van der Waals surface area contributed by atoms with Gasteiger partial charge in [0.2, 0.25) is 5.91 Å². The van der Waals surface area contributed by atoms with Gasteiger partial charge in [0.15, 0.2) is 5.78 Å². The summed E-state index contributed by atoms with van der Waals surface area (Å²) < 4.78 is 0. The number of rotatable bonds is 7. The molecule has 0 fully saturated rings. The number of carbonyl (C=O) groups excluding carboxylic acids is 2. The van der Waals surface area contributed by atoms with Crippen molar-refractivity contribution in [1.82, 2.24) is 4.98 Å². The number of thiophene rings is 1. The second-order valence-electron chi connectivity index (χ2n) is 6.11. The number of benzene rings is 1. The highest BCUT2D eigenvalue weighted by Crippen LogP contribution is 2.22. The summed E-state index contributed by atoms with van der Waals surface area (Å²) in [5, 5.41) is 0.604. The van der Waals surface area contributed by atoms with Crippen molar-refractivity contribution in [3.63, 3.8) is 0 Å². The molecule has 0 saturated heterocycles. The van der Waals surface area contributed by atoms with E-state index in [-0.39, 0.29) is 24.5 Å². The predicted octanol–water partition coefficient (Wildman–Crippen LogP) is 5.30. The normalized spacial score (nSPS) is 10.6. The third-order valence-electron chi connectivity index (χ3n) is 4.07. The molecule has 138 valence electrons. The largest absolute Gasteiger partial charge is 0.306 e. The lowest BCUT2D eigenvalue weighted by molar-refractivity contribution is -0.118. The zero-order valence-corrected chi connectivity index (χ0v) is 16.5. The van der Waals surface area contributed by atoms with Crippen molar-refractivity contribution in [3.05, 3.63) is 81.3 Å². The molecule has 3 aromatic rings. The number of aryl methyl sites for hydroxylation is 1. The minimum Gasteiger partial charge on any atom is -0.306 e. The quantitative estimate of drug-likeness (QED) is 0.507. The zero-order chi connectivity index (χ0) is 19.2. The Morgan fingerprint density at radius 1 is 1.04 bits per heavy atom. The summed E-state index contributed by atoms with van der Waals surface area (Å²) in [4.78, 5) is 33.0. The van der Waals surface area contributed by atoms with E-state index in [1.54, 1.807) is 35.4 Å². The third-order valence-corrected chi connectivity index (χ3v) is 5.36. The van der Waals surface area contributed by atoms with Gasteiger partial charge in [-0.05, 0) is 55.5 Å². The van der Waals surface area contributed by atoms with Gasteiger partial charge in [0, 0.05) is 34.6 Å². The summed E-state index contributed by atoms with van der Waals surface area (Å²) in [6.45, 7) is 2.30. The number of ketones is 1. The minimum absolute atomic E-state index is 0.00431. The standard InChI is InChI=1S/C21H19ClN2O2S/c1-15-5-11-20(27-15)19(25)10-12-21(26)24(14-17-4-2-3-13-23-17)18-8-6-16(22)7-9-18/h2-9,11,13H,10,12,14H2,1H3. The van der Waals surface area contributed by atoms with Crippen LogP contribution in [-0.4, -0.2) is 16.7 Å². The number of aromatic nitrogens is 1. The lowest BCUT2D eigenvalue weighted by Crippen LogP contribution is -2.31. The number of anilines is 1. The van der Waals surface area contributed by atoms with Crippen molar-refractivity contribution in [1.29, 1.82) is 0 Å². The second kappa shape index (κ2) is 8.93. The average Bonchev–Trinajstić information content (AvgIpc) is 3.12. The molecule has 1 amide bonds. The fourth-order valence-corrected chi connectivity index (χ4v) is 3.62. The van der Waals surface area contributed by atoms with Gasteiger partial charge in [-0.2, -0.15) is 0 Å². The van der Waals surface area contributed by atoms with Crippen molar-refractivity contribution in [2.75, 3.05) is 4.90 Å². The van der Waals surface area contributed by atoms with Crippen LogP contribution in [0.1, 0.15) is 33.1 Å². The molecule has 2 heterocycles. The number of Topliss-reactive ketones (excluding diaryl/α,β-unsaturated/α-hetero) is 1. The summed E-state index contributed by atoms with van der Waals surface area (Å²) in [5.74, 6) is -0.125. The van der Waals surface area contributed by atoms with Gasteiger partial charge >= 0.3 is 0 Å². The molecule has 0 radical (unpaired) electrons. The molecule has 0 aliphatic carbocycles. The molecule has 2 aromatic heterocycles. The van der Waals surface area contributed by atoms with E-state index in [2.05, 4.69) is 4.98 Å². The van der Waals surface area contributed by atoms with Crippen LogP contribution in [0.25, 0.3) is 0 Å². The molecule has 27 heavy (non-hydrogen) atoms. The molecule has 6 heteroatoms. The first kappa shape index (κ1) is 19.3. The van der Waals surface area contributed by atoms with Crippen LogP contribution in [0, 0.1) is 6.92 Å². The van der Waals surface area contributed by atoms with Crippen LogP contribution >= 0.6 is 22.9 Å². The fourth-order valence-electron chi connectivity index (χ4n) is 2.66. The Hall–Kier alpha value is -2.50.